The zero-order chi connectivity index (χ0) is 17.1. The quantitative estimate of drug-likeness (QED) is 0.850. The van der Waals surface area contributed by atoms with Crippen LogP contribution in [0.2, 0.25) is 0 Å². The number of rotatable bonds is 4. The number of carbonyl (C=O) groups is 1. The Bertz CT molecular complexity index is 413. The summed E-state index contributed by atoms with van der Waals surface area (Å²) in [6.45, 7) is 9.53. The Balaban J connectivity index is 1.37. The van der Waals surface area contributed by atoms with Crippen LogP contribution in [0.4, 0.5) is 0 Å². The molecule has 0 aromatic heterocycles. The third kappa shape index (κ3) is 4.70. The number of piperidine rings is 1. The molecule has 0 aromatic carbocycles. The first kappa shape index (κ1) is 18.2. The lowest BCUT2D eigenvalue weighted by atomic mass is 9.92. The standard InChI is InChI=1S/C19H35N3O2/c1-14-12-21(13-15(2)24-14)8-5-16-6-9-22(10-7-16)19(23)17-3-4-18(20)11-17/h14-18H,3-13,20H2,1-2H3. The van der Waals surface area contributed by atoms with Gasteiger partial charge in [0.15, 0.2) is 0 Å². The molecule has 5 heteroatoms. The molecule has 0 spiro atoms. The van der Waals surface area contributed by atoms with Gasteiger partial charge in [-0.05, 0) is 64.8 Å². The molecule has 24 heavy (non-hydrogen) atoms. The second-order valence-electron chi connectivity index (χ2n) is 8.34. The average Bonchev–Trinajstić information content (AvgIpc) is 2.98. The summed E-state index contributed by atoms with van der Waals surface area (Å²) < 4.78 is 5.81. The number of nitrogens with zero attached hydrogens (tertiary/aromatic N) is 2. The molecule has 1 amide bonds. The highest BCUT2D eigenvalue weighted by Crippen LogP contribution is 2.29. The van der Waals surface area contributed by atoms with Crippen molar-refractivity contribution in [2.45, 2.75) is 70.6 Å². The molecule has 1 aliphatic carbocycles. The fraction of sp³-hybridized carbons (Fsp3) is 0.947. The maximum atomic E-state index is 12.6. The largest absolute Gasteiger partial charge is 0.373 e. The molecule has 138 valence electrons. The molecular formula is C19H35N3O2. The van der Waals surface area contributed by atoms with E-state index in [0.717, 1.165) is 51.4 Å². The van der Waals surface area contributed by atoms with E-state index in [-0.39, 0.29) is 12.0 Å². The van der Waals surface area contributed by atoms with E-state index in [1.165, 1.54) is 25.8 Å². The number of morpholine rings is 1. The van der Waals surface area contributed by atoms with Crippen molar-refractivity contribution in [1.82, 2.24) is 9.80 Å². The Labute approximate surface area is 146 Å². The highest BCUT2D eigenvalue weighted by atomic mass is 16.5. The topological polar surface area (TPSA) is 58.8 Å². The number of hydrogen-bond donors (Lipinski definition) is 1. The summed E-state index contributed by atoms with van der Waals surface area (Å²) >= 11 is 0. The molecule has 4 atom stereocenters. The SMILES string of the molecule is CC1CN(CCC2CCN(C(=O)C3CCC(N)C3)CC2)CC(C)O1. The number of amides is 1. The van der Waals surface area contributed by atoms with Gasteiger partial charge in [-0.25, -0.2) is 0 Å². The molecule has 0 radical (unpaired) electrons. The molecule has 5 nitrogen and oxygen atoms in total. The molecule has 4 unspecified atom stereocenters. The van der Waals surface area contributed by atoms with Crippen molar-refractivity contribution in [2.24, 2.45) is 17.6 Å². The van der Waals surface area contributed by atoms with E-state index in [1.807, 2.05) is 0 Å². The summed E-state index contributed by atoms with van der Waals surface area (Å²) in [7, 11) is 0. The number of likely N-dealkylation sites (tertiary alicyclic amines) is 1. The number of ether oxygens (including phenoxy) is 1. The van der Waals surface area contributed by atoms with Gasteiger partial charge < -0.3 is 15.4 Å². The third-order valence-corrected chi connectivity index (χ3v) is 6.10. The van der Waals surface area contributed by atoms with E-state index < -0.39 is 0 Å². The second kappa shape index (κ2) is 8.15. The van der Waals surface area contributed by atoms with Crippen LogP contribution in [0.15, 0.2) is 0 Å². The van der Waals surface area contributed by atoms with Gasteiger partial charge in [-0.3, -0.25) is 9.69 Å². The van der Waals surface area contributed by atoms with Crippen LogP contribution < -0.4 is 5.73 Å². The fourth-order valence-electron chi connectivity index (χ4n) is 4.77. The zero-order valence-corrected chi connectivity index (χ0v) is 15.5. The van der Waals surface area contributed by atoms with Gasteiger partial charge in [0.1, 0.15) is 0 Å². The van der Waals surface area contributed by atoms with Gasteiger partial charge in [-0.15, -0.1) is 0 Å². The summed E-state index contributed by atoms with van der Waals surface area (Å²) in [5.74, 6) is 1.35. The van der Waals surface area contributed by atoms with Crippen molar-refractivity contribution < 1.29 is 9.53 Å². The van der Waals surface area contributed by atoms with Crippen LogP contribution in [0.25, 0.3) is 0 Å². The van der Waals surface area contributed by atoms with Gasteiger partial charge in [0.25, 0.3) is 0 Å². The lowest BCUT2D eigenvalue weighted by Crippen LogP contribution is -2.46. The molecule has 2 saturated heterocycles. The Morgan fingerprint density at radius 1 is 1.08 bits per heavy atom. The Hall–Kier alpha value is -0.650. The highest BCUT2D eigenvalue weighted by Gasteiger charge is 2.33. The molecule has 2 N–H and O–H groups in total. The second-order valence-corrected chi connectivity index (χ2v) is 8.34. The molecule has 0 bridgehead atoms. The molecule has 3 aliphatic rings. The molecule has 0 aromatic rings. The molecule has 3 fully saturated rings. The number of nitrogens with two attached hydrogens (primary N) is 1. The van der Waals surface area contributed by atoms with Crippen LogP contribution in [0.3, 0.4) is 0 Å². The molecule has 2 heterocycles. The normalized spacial score (nSPS) is 36.2. The van der Waals surface area contributed by atoms with E-state index in [4.69, 9.17) is 10.5 Å². The Morgan fingerprint density at radius 2 is 1.75 bits per heavy atom. The van der Waals surface area contributed by atoms with Crippen LogP contribution in [-0.4, -0.2) is 66.7 Å². The predicted octanol–water partition coefficient (Wildman–Crippen LogP) is 1.85. The van der Waals surface area contributed by atoms with Crippen LogP contribution in [0.5, 0.6) is 0 Å². The van der Waals surface area contributed by atoms with Crippen molar-refractivity contribution >= 4 is 5.91 Å². The average molecular weight is 338 g/mol. The van der Waals surface area contributed by atoms with Gasteiger partial charge in [0.05, 0.1) is 12.2 Å². The van der Waals surface area contributed by atoms with Crippen molar-refractivity contribution in [2.75, 3.05) is 32.7 Å². The zero-order valence-electron chi connectivity index (χ0n) is 15.5. The van der Waals surface area contributed by atoms with Crippen LogP contribution in [-0.2, 0) is 9.53 Å². The first-order chi connectivity index (χ1) is 11.5. The minimum absolute atomic E-state index is 0.202. The van der Waals surface area contributed by atoms with Gasteiger partial charge in [0, 0.05) is 38.1 Å². The van der Waals surface area contributed by atoms with Crippen molar-refractivity contribution in [3.63, 3.8) is 0 Å². The predicted molar refractivity (Wildman–Crippen MR) is 95.7 cm³/mol. The summed E-state index contributed by atoms with van der Waals surface area (Å²) in [6.07, 6.45) is 7.20. The van der Waals surface area contributed by atoms with Gasteiger partial charge in [-0.2, -0.15) is 0 Å². The maximum absolute atomic E-state index is 12.6. The van der Waals surface area contributed by atoms with E-state index in [2.05, 4.69) is 23.6 Å². The number of carbonyl (C=O) groups excluding carboxylic acids is 1. The van der Waals surface area contributed by atoms with E-state index in [9.17, 15) is 4.79 Å². The van der Waals surface area contributed by atoms with Gasteiger partial charge >= 0.3 is 0 Å². The monoisotopic (exact) mass is 337 g/mol. The first-order valence-electron chi connectivity index (χ1n) is 9.93. The number of hydrogen-bond acceptors (Lipinski definition) is 4. The van der Waals surface area contributed by atoms with Gasteiger partial charge in [0.2, 0.25) is 5.91 Å². The molecule has 1 saturated carbocycles. The lowest BCUT2D eigenvalue weighted by molar-refractivity contribution is -0.136. The van der Waals surface area contributed by atoms with E-state index in [0.29, 0.717) is 18.1 Å². The highest BCUT2D eigenvalue weighted by molar-refractivity contribution is 5.79. The third-order valence-electron chi connectivity index (χ3n) is 6.10. The maximum Gasteiger partial charge on any atom is 0.225 e. The minimum Gasteiger partial charge on any atom is -0.373 e. The summed E-state index contributed by atoms with van der Waals surface area (Å²) in [5, 5.41) is 0. The Morgan fingerprint density at radius 3 is 2.33 bits per heavy atom. The Kier molecular flexibility index (Phi) is 6.17. The van der Waals surface area contributed by atoms with E-state index in [1.54, 1.807) is 0 Å². The molecule has 3 rings (SSSR count). The first-order valence-corrected chi connectivity index (χ1v) is 9.93. The molecular weight excluding hydrogens is 302 g/mol. The van der Waals surface area contributed by atoms with Crippen molar-refractivity contribution in [3.8, 4) is 0 Å². The van der Waals surface area contributed by atoms with Crippen LogP contribution in [0.1, 0.15) is 52.4 Å². The van der Waals surface area contributed by atoms with Crippen molar-refractivity contribution in [3.05, 3.63) is 0 Å². The lowest BCUT2D eigenvalue weighted by Gasteiger charge is -2.37. The van der Waals surface area contributed by atoms with Crippen LogP contribution >= 0.6 is 0 Å². The summed E-state index contributed by atoms with van der Waals surface area (Å²) in [4.78, 5) is 17.2. The summed E-state index contributed by atoms with van der Waals surface area (Å²) in [6, 6.07) is 0.245. The fourth-order valence-corrected chi connectivity index (χ4v) is 4.77. The smallest absolute Gasteiger partial charge is 0.225 e. The minimum atomic E-state index is 0.202. The van der Waals surface area contributed by atoms with E-state index >= 15 is 0 Å². The van der Waals surface area contributed by atoms with Gasteiger partial charge in [-0.1, -0.05) is 0 Å². The van der Waals surface area contributed by atoms with Crippen molar-refractivity contribution in [1.29, 1.82) is 0 Å². The summed E-state index contributed by atoms with van der Waals surface area (Å²) in [5.41, 5.74) is 5.96. The van der Waals surface area contributed by atoms with Crippen LogP contribution in [0, 0.1) is 11.8 Å². The molecule has 2 aliphatic heterocycles.